The number of nitrogens with zero attached hydrogens (tertiary/aromatic N) is 4. The smallest absolute Gasteiger partial charge is 0.218 e. The van der Waals surface area contributed by atoms with Crippen molar-refractivity contribution in [1.82, 2.24) is 19.7 Å². The Balaban J connectivity index is 1.52. The molecule has 2 aromatic rings. The lowest BCUT2D eigenvalue weighted by Gasteiger charge is -2.24. The van der Waals surface area contributed by atoms with E-state index in [0.717, 1.165) is 0 Å². The van der Waals surface area contributed by atoms with Crippen molar-refractivity contribution in [2.45, 2.75) is 56.2 Å². The van der Waals surface area contributed by atoms with Crippen molar-refractivity contribution in [3.05, 3.63) is 60.9 Å². The van der Waals surface area contributed by atoms with Crippen molar-refractivity contribution in [3.63, 3.8) is 0 Å². The van der Waals surface area contributed by atoms with Crippen LogP contribution in [-0.4, -0.2) is 61.3 Å². The van der Waals surface area contributed by atoms with Crippen molar-refractivity contribution in [2.75, 3.05) is 11.9 Å². The second kappa shape index (κ2) is 9.72. The number of anilines is 1. The van der Waals surface area contributed by atoms with Gasteiger partial charge in [-0.1, -0.05) is 36.4 Å². The number of aliphatic hydroxyl groups is 1. The molecule has 2 aliphatic rings. The Hall–Kier alpha value is -2.59. The van der Waals surface area contributed by atoms with Crippen LogP contribution in [0.3, 0.4) is 0 Å². The van der Waals surface area contributed by atoms with Crippen LogP contribution in [0.15, 0.2) is 49.6 Å². The lowest BCUT2D eigenvalue weighted by atomic mass is 10.1. The van der Waals surface area contributed by atoms with Gasteiger partial charge in [0.1, 0.15) is 29.4 Å². The maximum absolute atomic E-state index is 13.2. The highest BCUT2D eigenvalue weighted by atomic mass is 35.5. The fraction of sp³-hybridized carbons (Fsp3) is 0.478. The van der Waals surface area contributed by atoms with Gasteiger partial charge in [-0.25, -0.2) is 9.97 Å². The fourth-order valence-electron chi connectivity index (χ4n) is 4.34. The first kappa shape index (κ1) is 23.6. The number of alkyl halides is 1. The molecule has 33 heavy (non-hydrogen) atoms. The van der Waals surface area contributed by atoms with Gasteiger partial charge in [0, 0.05) is 31.3 Å². The van der Waals surface area contributed by atoms with Gasteiger partial charge in [0.25, 0.3) is 0 Å². The van der Waals surface area contributed by atoms with Gasteiger partial charge < -0.3 is 19.9 Å². The molecule has 2 N–H and O–H groups in total. The molecule has 1 saturated heterocycles. The van der Waals surface area contributed by atoms with E-state index in [2.05, 4.69) is 27.0 Å². The van der Waals surface area contributed by atoms with Gasteiger partial charge in [-0.2, -0.15) is 5.10 Å². The average Bonchev–Trinajstić information content (AvgIpc) is 3.48. The minimum atomic E-state index is -0.737. The molecule has 3 heterocycles. The minimum absolute atomic E-state index is 0.00658. The van der Waals surface area contributed by atoms with Crippen LogP contribution in [0.4, 0.5) is 5.82 Å². The Labute approximate surface area is 197 Å². The normalized spacial score (nSPS) is 26.9. The number of halogens is 1. The summed E-state index contributed by atoms with van der Waals surface area (Å²) in [5.41, 5.74) is 0.106. The molecule has 0 amide bonds. The standard InChI is InChI=1S/C23H28ClN5O4/c1-4-5-6-7-18(24)29-9-8-16(28-29)19(31)15-11-25-13-26-22(15)27-17-10-14(12-30)20-21(17)33-23(2,3)32-20/h4-6,8-9,11,13-14,17-18,20-21,30H,1,7,10,12H2,2-3H3,(H,25,26,27)/b6-5-/t14-,17-,18?,20-,21+/m1/s1. The number of allylic oxidation sites excluding steroid dienone is 3. The van der Waals surface area contributed by atoms with E-state index in [-0.39, 0.29) is 42.3 Å². The maximum atomic E-state index is 13.2. The molecule has 10 heteroatoms. The number of aliphatic hydroxyl groups excluding tert-OH is 1. The lowest BCUT2D eigenvalue weighted by Crippen LogP contribution is -2.35. The van der Waals surface area contributed by atoms with Crippen LogP contribution in [-0.2, 0) is 9.47 Å². The summed E-state index contributed by atoms with van der Waals surface area (Å²) < 4.78 is 13.6. The number of nitrogens with one attached hydrogen (secondary N) is 1. The molecule has 1 unspecified atom stereocenters. The Bertz CT molecular complexity index is 1040. The van der Waals surface area contributed by atoms with Gasteiger partial charge >= 0.3 is 0 Å². The molecule has 4 rings (SSSR count). The average molecular weight is 474 g/mol. The van der Waals surface area contributed by atoms with Gasteiger partial charge in [-0.3, -0.25) is 9.48 Å². The molecule has 176 valence electrons. The SMILES string of the molecule is C=C/C=C\CC(Cl)n1ccc(C(=O)c2cncnc2N[C@@H]2C[C@H](CO)[C@H]3OC(C)(C)O[C@H]32)n1. The number of hydrogen-bond acceptors (Lipinski definition) is 8. The predicted octanol–water partition coefficient (Wildman–Crippen LogP) is 3.09. The first-order chi connectivity index (χ1) is 15.8. The molecule has 0 bridgehead atoms. The van der Waals surface area contributed by atoms with Gasteiger partial charge in [-0.15, -0.1) is 0 Å². The third-order valence-corrected chi connectivity index (χ3v) is 6.20. The Morgan fingerprint density at radius 1 is 1.45 bits per heavy atom. The van der Waals surface area contributed by atoms with Gasteiger partial charge in [0.05, 0.1) is 17.7 Å². The minimum Gasteiger partial charge on any atom is -0.396 e. The van der Waals surface area contributed by atoms with E-state index in [1.54, 1.807) is 24.4 Å². The highest BCUT2D eigenvalue weighted by Gasteiger charge is 2.54. The molecule has 2 fully saturated rings. The number of carbonyl (C=O) groups is 1. The van der Waals surface area contributed by atoms with Crippen LogP contribution in [0.1, 0.15) is 48.2 Å². The summed E-state index contributed by atoms with van der Waals surface area (Å²) in [5, 5.41) is 17.5. The monoisotopic (exact) mass is 473 g/mol. The first-order valence-corrected chi connectivity index (χ1v) is 11.3. The van der Waals surface area contributed by atoms with E-state index < -0.39 is 11.3 Å². The zero-order valence-corrected chi connectivity index (χ0v) is 19.4. The van der Waals surface area contributed by atoms with Crippen molar-refractivity contribution < 1.29 is 19.4 Å². The predicted molar refractivity (Wildman–Crippen MR) is 123 cm³/mol. The largest absolute Gasteiger partial charge is 0.396 e. The Kier molecular flexibility index (Phi) is 6.94. The summed E-state index contributed by atoms with van der Waals surface area (Å²) in [4.78, 5) is 21.6. The van der Waals surface area contributed by atoms with Crippen LogP contribution >= 0.6 is 11.6 Å². The number of ether oxygens (including phenoxy) is 2. The maximum Gasteiger partial charge on any atom is 0.218 e. The van der Waals surface area contributed by atoms with Crippen LogP contribution in [0.5, 0.6) is 0 Å². The van der Waals surface area contributed by atoms with Crippen LogP contribution in [0.25, 0.3) is 0 Å². The molecule has 1 aliphatic carbocycles. The molecular weight excluding hydrogens is 446 g/mol. The number of ketones is 1. The molecule has 1 aliphatic heterocycles. The highest BCUT2D eigenvalue weighted by Crippen LogP contribution is 2.42. The van der Waals surface area contributed by atoms with Crippen molar-refractivity contribution in [2.24, 2.45) is 5.92 Å². The molecule has 9 nitrogen and oxygen atoms in total. The second-order valence-electron chi connectivity index (χ2n) is 8.62. The van der Waals surface area contributed by atoms with E-state index >= 15 is 0 Å². The van der Waals surface area contributed by atoms with Crippen LogP contribution in [0, 0.1) is 5.92 Å². The number of aromatic nitrogens is 4. The second-order valence-corrected chi connectivity index (χ2v) is 9.13. The summed E-state index contributed by atoms with van der Waals surface area (Å²) in [5.74, 6) is -0.739. The van der Waals surface area contributed by atoms with Crippen molar-refractivity contribution in [1.29, 1.82) is 0 Å². The van der Waals surface area contributed by atoms with E-state index in [4.69, 9.17) is 21.1 Å². The zero-order valence-electron chi connectivity index (χ0n) is 18.6. The Morgan fingerprint density at radius 2 is 2.24 bits per heavy atom. The third kappa shape index (κ3) is 5.01. The lowest BCUT2D eigenvalue weighted by molar-refractivity contribution is -0.158. The number of rotatable bonds is 9. The summed E-state index contributed by atoms with van der Waals surface area (Å²) >= 11 is 6.37. The first-order valence-electron chi connectivity index (χ1n) is 10.9. The van der Waals surface area contributed by atoms with Gasteiger partial charge in [0.2, 0.25) is 5.78 Å². The van der Waals surface area contributed by atoms with E-state index in [1.807, 2.05) is 19.9 Å². The Morgan fingerprint density at radius 3 is 3.00 bits per heavy atom. The molecule has 0 spiro atoms. The molecule has 2 aromatic heterocycles. The van der Waals surface area contributed by atoms with E-state index in [0.29, 0.717) is 24.2 Å². The topological polar surface area (TPSA) is 111 Å². The molecule has 0 radical (unpaired) electrons. The van der Waals surface area contributed by atoms with E-state index in [1.165, 1.54) is 17.2 Å². The molecule has 1 saturated carbocycles. The van der Waals surface area contributed by atoms with Crippen molar-refractivity contribution >= 4 is 23.2 Å². The van der Waals surface area contributed by atoms with Gasteiger partial charge in [0.15, 0.2) is 5.79 Å². The molecule has 5 atom stereocenters. The highest BCUT2D eigenvalue weighted by molar-refractivity contribution is 6.19. The van der Waals surface area contributed by atoms with Crippen LogP contribution in [0.2, 0.25) is 0 Å². The molecular formula is C23H28ClN5O4. The number of fused-ring (bicyclic) bond motifs is 1. The summed E-state index contributed by atoms with van der Waals surface area (Å²) in [6.07, 6.45) is 10.5. The summed E-state index contributed by atoms with van der Waals surface area (Å²) in [6.45, 7) is 7.32. The van der Waals surface area contributed by atoms with Gasteiger partial charge in [-0.05, 0) is 26.3 Å². The molecule has 0 aromatic carbocycles. The quantitative estimate of drug-likeness (QED) is 0.324. The van der Waals surface area contributed by atoms with Crippen LogP contribution < -0.4 is 5.32 Å². The van der Waals surface area contributed by atoms with E-state index in [9.17, 15) is 9.90 Å². The summed E-state index contributed by atoms with van der Waals surface area (Å²) in [6, 6.07) is 1.44. The number of hydrogen-bond donors (Lipinski definition) is 2. The zero-order chi connectivity index (χ0) is 23.6. The number of carbonyl (C=O) groups excluding carboxylic acids is 1. The fourth-order valence-corrected chi connectivity index (χ4v) is 4.55. The summed E-state index contributed by atoms with van der Waals surface area (Å²) in [7, 11) is 0. The van der Waals surface area contributed by atoms with Crippen molar-refractivity contribution in [3.8, 4) is 0 Å². The third-order valence-electron chi connectivity index (χ3n) is 5.83.